The number of nitrogens with one attached hydrogen (secondary N) is 2. The van der Waals surface area contributed by atoms with E-state index in [0.717, 1.165) is 12.8 Å². The van der Waals surface area contributed by atoms with Crippen LogP contribution in [0.25, 0.3) is 22.5 Å². The Morgan fingerprint density at radius 1 is 1.03 bits per heavy atom. The standard InChI is InChI=1S/C23H29N7O2.ClH/c1-22(2)11-15(12-23(3,4)29-22)30(5)21-24-13-18(26-28-21)16-7-6-14(10-19(16)31)17-8-9-20(32)27-25-17;/h6-10,13,15,29,31H,11-12H2,1-5H3,(H,27,32);1H. The van der Waals surface area contributed by atoms with Gasteiger partial charge in [0.15, 0.2) is 0 Å². The summed E-state index contributed by atoms with van der Waals surface area (Å²) in [4.78, 5) is 17.8. The Kier molecular flexibility index (Phi) is 6.76. The molecule has 1 aromatic carbocycles. The molecule has 0 amide bonds. The number of aromatic nitrogens is 5. The molecule has 1 saturated heterocycles. The quantitative estimate of drug-likeness (QED) is 0.530. The molecule has 0 bridgehead atoms. The molecule has 9 nitrogen and oxygen atoms in total. The number of nitrogens with zero attached hydrogens (tertiary/aromatic N) is 5. The van der Waals surface area contributed by atoms with E-state index < -0.39 is 0 Å². The second-order valence-corrected chi connectivity index (χ2v) is 9.75. The van der Waals surface area contributed by atoms with Crippen LogP contribution < -0.4 is 15.8 Å². The minimum Gasteiger partial charge on any atom is -0.507 e. The molecular formula is C23H30ClN7O2. The van der Waals surface area contributed by atoms with Gasteiger partial charge in [-0.1, -0.05) is 6.07 Å². The van der Waals surface area contributed by atoms with Crippen LogP contribution in [0.15, 0.2) is 41.3 Å². The minimum absolute atomic E-state index is 0. The van der Waals surface area contributed by atoms with Gasteiger partial charge in [0.05, 0.1) is 11.9 Å². The fraction of sp³-hybridized carbons (Fsp3) is 0.435. The number of rotatable bonds is 4. The minimum atomic E-state index is -0.280. The Morgan fingerprint density at radius 3 is 2.27 bits per heavy atom. The molecule has 1 aliphatic heterocycles. The van der Waals surface area contributed by atoms with E-state index in [9.17, 15) is 9.90 Å². The van der Waals surface area contributed by atoms with E-state index >= 15 is 0 Å². The van der Waals surface area contributed by atoms with Crippen molar-refractivity contribution in [1.82, 2.24) is 30.7 Å². The van der Waals surface area contributed by atoms with Crippen LogP contribution in [0, 0.1) is 0 Å². The maximum Gasteiger partial charge on any atom is 0.264 e. The summed E-state index contributed by atoms with van der Waals surface area (Å²) < 4.78 is 0. The first-order chi connectivity index (χ1) is 15.0. The molecule has 0 atom stereocenters. The SMILES string of the molecule is CN(c1ncc(-c2ccc(-c3ccc(=O)[nH]n3)cc2O)nn1)C1CC(C)(C)NC(C)(C)C1.Cl. The molecule has 0 saturated carbocycles. The largest absolute Gasteiger partial charge is 0.507 e. The molecule has 33 heavy (non-hydrogen) atoms. The number of anilines is 1. The number of halogens is 1. The number of hydrogen-bond acceptors (Lipinski definition) is 8. The predicted octanol–water partition coefficient (Wildman–Crippen LogP) is 3.16. The molecule has 10 heteroatoms. The van der Waals surface area contributed by atoms with Gasteiger partial charge in [0.1, 0.15) is 11.4 Å². The lowest BCUT2D eigenvalue weighted by Gasteiger charge is -2.48. The third-order valence-corrected chi connectivity index (χ3v) is 5.83. The zero-order valence-electron chi connectivity index (χ0n) is 19.5. The maximum absolute atomic E-state index is 11.2. The van der Waals surface area contributed by atoms with Crippen LogP contribution in [0.2, 0.25) is 0 Å². The molecule has 0 spiro atoms. The first kappa shape index (κ1) is 24.6. The summed E-state index contributed by atoms with van der Waals surface area (Å²) in [6, 6.07) is 8.40. The lowest BCUT2D eigenvalue weighted by molar-refractivity contribution is 0.160. The van der Waals surface area contributed by atoms with Gasteiger partial charge in [-0.2, -0.15) is 5.10 Å². The Labute approximate surface area is 199 Å². The second kappa shape index (κ2) is 9.07. The van der Waals surface area contributed by atoms with Crippen LogP contribution in [0.3, 0.4) is 0 Å². The molecule has 3 aromatic rings. The lowest BCUT2D eigenvalue weighted by atomic mass is 9.79. The average Bonchev–Trinajstić information content (AvgIpc) is 2.72. The maximum atomic E-state index is 11.2. The molecule has 3 N–H and O–H groups in total. The van der Waals surface area contributed by atoms with Crippen molar-refractivity contribution in [2.75, 3.05) is 11.9 Å². The molecule has 176 valence electrons. The normalized spacial score (nSPS) is 17.2. The monoisotopic (exact) mass is 471 g/mol. The summed E-state index contributed by atoms with van der Waals surface area (Å²) in [5.41, 5.74) is 1.99. The summed E-state index contributed by atoms with van der Waals surface area (Å²) in [6.45, 7) is 8.86. The van der Waals surface area contributed by atoms with Gasteiger partial charge < -0.3 is 15.3 Å². The molecule has 1 fully saturated rings. The van der Waals surface area contributed by atoms with E-state index in [1.165, 1.54) is 6.07 Å². The summed E-state index contributed by atoms with van der Waals surface area (Å²) >= 11 is 0. The number of aromatic hydroxyl groups is 1. The number of phenols is 1. The van der Waals surface area contributed by atoms with Gasteiger partial charge in [-0.25, -0.2) is 10.1 Å². The Balaban J connectivity index is 0.00000306. The smallest absolute Gasteiger partial charge is 0.264 e. The Morgan fingerprint density at radius 2 is 1.73 bits per heavy atom. The van der Waals surface area contributed by atoms with Crippen LogP contribution in [-0.4, -0.2) is 54.7 Å². The molecule has 0 unspecified atom stereocenters. The molecule has 1 aliphatic rings. The lowest BCUT2D eigenvalue weighted by Crippen LogP contribution is -2.62. The first-order valence-electron chi connectivity index (χ1n) is 10.6. The van der Waals surface area contributed by atoms with E-state index in [1.54, 1.807) is 30.5 Å². The van der Waals surface area contributed by atoms with Gasteiger partial charge in [-0.05, 0) is 58.7 Å². The highest BCUT2D eigenvalue weighted by atomic mass is 35.5. The number of aromatic amines is 1. The molecule has 0 aliphatic carbocycles. The molecular weight excluding hydrogens is 442 g/mol. The van der Waals surface area contributed by atoms with E-state index in [4.69, 9.17) is 0 Å². The number of phenolic OH excluding ortho intramolecular Hbond substituents is 1. The Hall–Kier alpha value is -3.04. The molecule has 0 radical (unpaired) electrons. The highest BCUT2D eigenvalue weighted by Gasteiger charge is 2.39. The fourth-order valence-electron chi connectivity index (χ4n) is 4.67. The van der Waals surface area contributed by atoms with Crippen LogP contribution in [0.1, 0.15) is 40.5 Å². The number of hydrogen-bond donors (Lipinski definition) is 3. The van der Waals surface area contributed by atoms with Gasteiger partial charge in [-0.15, -0.1) is 22.6 Å². The van der Waals surface area contributed by atoms with Crippen molar-refractivity contribution in [3.63, 3.8) is 0 Å². The van der Waals surface area contributed by atoms with Crippen molar-refractivity contribution < 1.29 is 5.11 Å². The predicted molar refractivity (Wildman–Crippen MR) is 131 cm³/mol. The topological polar surface area (TPSA) is 120 Å². The van der Waals surface area contributed by atoms with Crippen molar-refractivity contribution in [2.24, 2.45) is 0 Å². The van der Waals surface area contributed by atoms with Gasteiger partial charge in [0, 0.05) is 41.4 Å². The van der Waals surface area contributed by atoms with Crippen molar-refractivity contribution in [3.8, 4) is 28.3 Å². The average molecular weight is 472 g/mol. The van der Waals surface area contributed by atoms with Crippen molar-refractivity contribution in [1.29, 1.82) is 0 Å². The van der Waals surface area contributed by atoms with Crippen molar-refractivity contribution in [3.05, 3.63) is 46.9 Å². The Bertz CT molecular complexity index is 1140. The van der Waals surface area contributed by atoms with Crippen LogP contribution in [-0.2, 0) is 0 Å². The number of benzene rings is 1. The third-order valence-electron chi connectivity index (χ3n) is 5.83. The molecule has 3 heterocycles. The van der Waals surface area contributed by atoms with Gasteiger partial charge in [0.25, 0.3) is 5.56 Å². The molecule has 2 aromatic heterocycles. The van der Waals surface area contributed by atoms with Crippen molar-refractivity contribution >= 4 is 18.4 Å². The number of piperidine rings is 1. The van der Waals surface area contributed by atoms with E-state index in [-0.39, 0.29) is 40.8 Å². The third kappa shape index (κ3) is 5.48. The van der Waals surface area contributed by atoms with E-state index in [1.807, 2.05) is 7.05 Å². The first-order valence-corrected chi connectivity index (χ1v) is 10.6. The zero-order valence-corrected chi connectivity index (χ0v) is 20.3. The van der Waals surface area contributed by atoms with Crippen molar-refractivity contribution in [2.45, 2.75) is 57.7 Å². The van der Waals surface area contributed by atoms with Crippen LogP contribution in [0.5, 0.6) is 5.75 Å². The fourth-order valence-corrected chi connectivity index (χ4v) is 4.67. The highest BCUT2D eigenvalue weighted by molar-refractivity contribution is 5.85. The van der Waals surface area contributed by atoms with Gasteiger partial charge in [-0.3, -0.25) is 4.79 Å². The summed E-state index contributed by atoms with van der Waals surface area (Å²) in [5, 5.41) is 29.3. The van der Waals surface area contributed by atoms with E-state index in [0.29, 0.717) is 28.5 Å². The zero-order chi connectivity index (χ0) is 23.1. The molecule has 4 rings (SSSR count). The van der Waals surface area contributed by atoms with Crippen LogP contribution >= 0.6 is 12.4 Å². The highest BCUT2D eigenvalue weighted by Crippen LogP contribution is 2.33. The summed E-state index contributed by atoms with van der Waals surface area (Å²) in [5.74, 6) is 0.593. The summed E-state index contributed by atoms with van der Waals surface area (Å²) in [6.07, 6.45) is 3.57. The van der Waals surface area contributed by atoms with Crippen LogP contribution in [0.4, 0.5) is 5.95 Å². The van der Waals surface area contributed by atoms with Gasteiger partial charge >= 0.3 is 0 Å². The van der Waals surface area contributed by atoms with E-state index in [2.05, 4.69) is 63.3 Å². The second-order valence-electron chi connectivity index (χ2n) is 9.75. The number of H-pyrrole nitrogens is 1. The summed E-state index contributed by atoms with van der Waals surface area (Å²) in [7, 11) is 2.00. The van der Waals surface area contributed by atoms with Gasteiger partial charge in [0.2, 0.25) is 5.95 Å².